The number of Topliss-reactive ketones (excluding diaryl/α,β-unsaturated/α-hetero) is 1. The predicted octanol–water partition coefficient (Wildman–Crippen LogP) is 7.15. The summed E-state index contributed by atoms with van der Waals surface area (Å²) in [5.74, 6) is 1.50. The maximum Gasteiger partial charge on any atom is 0.165 e. The highest BCUT2D eigenvalue weighted by molar-refractivity contribution is 5.98. The van der Waals surface area contributed by atoms with Crippen molar-refractivity contribution in [2.24, 2.45) is 5.92 Å². The molecular formula is C25H42O3. The van der Waals surface area contributed by atoms with Crippen LogP contribution in [-0.4, -0.2) is 26.1 Å². The molecule has 0 radical (unpaired) electrons. The lowest BCUT2D eigenvalue weighted by molar-refractivity contribution is 0.0855. The summed E-state index contributed by atoms with van der Waals surface area (Å²) < 4.78 is 10.7. The number of aryl methyl sites for hydroxylation is 1. The van der Waals surface area contributed by atoms with Crippen molar-refractivity contribution in [2.75, 3.05) is 20.3 Å². The summed E-state index contributed by atoms with van der Waals surface area (Å²) in [7, 11) is 1.76. The van der Waals surface area contributed by atoms with Gasteiger partial charge in [0.25, 0.3) is 0 Å². The molecule has 0 aliphatic heterocycles. The first-order chi connectivity index (χ1) is 13.6. The average Bonchev–Trinajstić information content (AvgIpc) is 2.65. The van der Waals surface area contributed by atoms with Crippen molar-refractivity contribution in [3.05, 3.63) is 29.3 Å². The smallest absolute Gasteiger partial charge is 0.165 e. The SMILES string of the molecule is CCCCCCCOC.CCCCCOc1ccc(C(=O)C2CCC2)cc1C. The van der Waals surface area contributed by atoms with Crippen LogP contribution in [0.25, 0.3) is 0 Å². The molecule has 1 aromatic rings. The van der Waals surface area contributed by atoms with Crippen LogP contribution in [0.1, 0.15) is 100 Å². The quantitative estimate of drug-likeness (QED) is 0.265. The highest BCUT2D eigenvalue weighted by Gasteiger charge is 2.26. The standard InChI is InChI=1S/C17H24O2.C8H18O/c1-3-4-5-11-19-16-10-9-15(12-13(16)2)17(18)14-7-6-8-14;1-3-4-5-6-7-8-9-2/h9-10,12,14H,3-8,11H2,1-2H3;3-8H2,1-2H3. The van der Waals surface area contributed by atoms with Gasteiger partial charge in [-0.2, -0.15) is 0 Å². The number of ketones is 1. The van der Waals surface area contributed by atoms with Gasteiger partial charge in [0.1, 0.15) is 5.75 Å². The minimum Gasteiger partial charge on any atom is -0.493 e. The number of hydrogen-bond donors (Lipinski definition) is 0. The molecule has 0 unspecified atom stereocenters. The van der Waals surface area contributed by atoms with Gasteiger partial charge in [0.2, 0.25) is 0 Å². The number of benzene rings is 1. The Morgan fingerprint density at radius 1 is 0.964 bits per heavy atom. The monoisotopic (exact) mass is 390 g/mol. The van der Waals surface area contributed by atoms with Crippen LogP contribution in [0.4, 0.5) is 0 Å². The normalized spacial score (nSPS) is 13.4. The van der Waals surface area contributed by atoms with Gasteiger partial charge in [0, 0.05) is 25.2 Å². The van der Waals surface area contributed by atoms with Crippen LogP contribution in [-0.2, 0) is 4.74 Å². The molecule has 1 fully saturated rings. The lowest BCUT2D eigenvalue weighted by Crippen LogP contribution is -2.22. The summed E-state index contributed by atoms with van der Waals surface area (Å²) in [6.45, 7) is 8.14. The number of ether oxygens (including phenoxy) is 2. The van der Waals surface area contributed by atoms with Crippen molar-refractivity contribution in [2.45, 2.75) is 91.4 Å². The van der Waals surface area contributed by atoms with Crippen molar-refractivity contribution in [1.82, 2.24) is 0 Å². The Morgan fingerprint density at radius 3 is 2.18 bits per heavy atom. The minimum atomic E-state index is 0.274. The topological polar surface area (TPSA) is 35.5 Å². The number of hydrogen-bond acceptors (Lipinski definition) is 3. The first-order valence-electron chi connectivity index (χ1n) is 11.4. The first kappa shape index (κ1) is 24.7. The minimum absolute atomic E-state index is 0.274. The Morgan fingerprint density at radius 2 is 1.61 bits per heavy atom. The number of rotatable bonds is 13. The second-order valence-electron chi connectivity index (χ2n) is 7.93. The molecule has 1 aliphatic rings. The molecule has 0 bridgehead atoms. The highest BCUT2D eigenvalue weighted by atomic mass is 16.5. The van der Waals surface area contributed by atoms with Crippen LogP contribution in [0.15, 0.2) is 18.2 Å². The van der Waals surface area contributed by atoms with E-state index in [2.05, 4.69) is 13.8 Å². The van der Waals surface area contributed by atoms with Crippen LogP contribution in [0.2, 0.25) is 0 Å². The largest absolute Gasteiger partial charge is 0.493 e. The van der Waals surface area contributed by atoms with E-state index in [1.165, 1.54) is 51.4 Å². The summed E-state index contributed by atoms with van der Waals surface area (Å²) in [5, 5.41) is 0. The highest BCUT2D eigenvalue weighted by Crippen LogP contribution is 2.31. The zero-order valence-electron chi connectivity index (χ0n) is 18.7. The summed E-state index contributed by atoms with van der Waals surface area (Å²) in [6, 6.07) is 5.85. The van der Waals surface area contributed by atoms with Gasteiger partial charge in [-0.1, -0.05) is 58.8 Å². The van der Waals surface area contributed by atoms with Gasteiger partial charge in [-0.05, 0) is 56.4 Å². The van der Waals surface area contributed by atoms with E-state index in [-0.39, 0.29) is 5.92 Å². The molecule has 2 rings (SSSR count). The van der Waals surface area contributed by atoms with Gasteiger partial charge in [0.15, 0.2) is 5.78 Å². The van der Waals surface area contributed by atoms with E-state index in [0.717, 1.165) is 49.4 Å². The van der Waals surface area contributed by atoms with Crippen LogP contribution < -0.4 is 4.74 Å². The Balaban J connectivity index is 0.000000370. The summed E-state index contributed by atoms with van der Waals surface area (Å²) >= 11 is 0. The van der Waals surface area contributed by atoms with E-state index in [1.807, 2.05) is 25.1 Å². The van der Waals surface area contributed by atoms with Gasteiger partial charge in [-0.15, -0.1) is 0 Å². The summed E-state index contributed by atoms with van der Waals surface area (Å²) in [4.78, 5) is 12.1. The Hall–Kier alpha value is -1.35. The fraction of sp³-hybridized carbons (Fsp3) is 0.720. The molecule has 0 atom stereocenters. The Bertz CT molecular complexity index is 529. The zero-order chi connectivity index (χ0) is 20.6. The molecule has 160 valence electrons. The van der Waals surface area contributed by atoms with Crippen molar-refractivity contribution in [3.8, 4) is 5.75 Å². The number of carbonyl (C=O) groups is 1. The number of carbonyl (C=O) groups excluding carboxylic acids is 1. The summed E-state index contributed by atoms with van der Waals surface area (Å²) in [6.07, 6.45) is 13.5. The van der Waals surface area contributed by atoms with Gasteiger partial charge >= 0.3 is 0 Å². The Kier molecular flexibility index (Phi) is 13.7. The van der Waals surface area contributed by atoms with Crippen LogP contribution in [0, 0.1) is 12.8 Å². The molecule has 3 nitrogen and oxygen atoms in total. The van der Waals surface area contributed by atoms with Crippen molar-refractivity contribution in [1.29, 1.82) is 0 Å². The lowest BCUT2D eigenvalue weighted by Gasteiger charge is -2.24. The van der Waals surface area contributed by atoms with Crippen molar-refractivity contribution >= 4 is 5.78 Å². The molecule has 0 saturated heterocycles. The van der Waals surface area contributed by atoms with E-state index in [0.29, 0.717) is 5.78 Å². The molecule has 3 heteroatoms. The number of unbranched alkanes of at least 4 members (excludes halogenated alkanes) is 6. The van der Waals surface area contributed by atoms with Crippen LogP contribution in [0.5, 0.6) is 5.75 Å². The maximum absolute atomic E-state index is 12.1. The van der Waals surface area contributed by atoms with Gasteiger partial charge < -0.3 is 9.47 Å². The van der Waals surface area contributed by atoms with Crippen molar-refractivity contribution < 1.29 is 14.3 Å². The molecule has 28 heavy (non-hydrogen) atoms. The van der Waals surface area contributed by atoms with E-state index in [9.17, 15) is 4.79 Å². The maximum atomic E-state index is 12.1. The zero-order valence-corrected chi connectivity index (χ0v) is 18.7. The van der Waals surface area contributed by atoms with Gasteiger partial charge in [-0.25, -0.2) is 0 Å². The fourth-order valence-corrected chi connectivity index (χ4v) is 3.25. The van der Waals surface area contributed by atoms with E-state index < -0.39 is 0 Å². The number of methoxy groups -OCH3 is 1. The molecule has 1 aromatic carbocycles. The summed E-state index contributed by atoms with van der Waals surface area (Å²) in [5.41, 5.74) is 1.92. The third kappa shape index (κ3) is 9.73. The van der Waals surface area contributed by atoms with Gasteiger partial charge in [0.05, 0.1) is 6.61 Å². The van der Waals surface area contributed by atoms with Crippen LogP contribution >= 0.6 is 0 Å². The lowest BCUT2D eigenvalue weighted by atomic mass is 9.80. The van der Waals surface area contributed by atoms with Gasteiger partial charge in [-0.3, -0.25) is 4.79 Å². The third-order valence-electron chi connectivity index (χ3n) is 5.39. The molecule has 0 aromatic heterocycles. The van der Waals surface area contributed by atoms with Crippen molar-refractivity contribution in [3.63, 3.8) is 0 Å². The molecule has 0 spiro atoms. The molecule has 1 aliphatic carbocycles. The molecule has 0 N–H and O–H groups in total. The molecule has 0 heterocycles. The second kappa shape index (κ2) is 15.6. The van der Waals surface area contributed by atoms with E-state index in [4.69, 9.17) is 9.47 Å². The van der Waals surface area contributed by atoms with E-state index in [1.54, 1.807) is 7.11 Å². The van der Waals surface area contributed by atoms with E-state index >= 15 is 0 Å². The molecular weight excluding hydrogens is 348 g/mol. The predicted molar refractivity (Wildman–Crippen MR) is 119 cm³/mol. The molecule has 0 amide bonds. The molecule has 1 saturated carbocycles. The Labute approximate surface area is 173 Å². The first-order valence-corrected chi connectivity index (χ1v) is 11.4. The third-order valence-corrected chi connectivity index (χ3v) is 5.39. The van der Waals surface area contributed by atoms with Crippen LogP contribution in [0.3, 0.4) is 0 Å². The average molecular weight is 391 g/mol. The second-order valence-corrected chi connectivity index (χ2v) is 7.93. The fourth-order valence-electron chi connectivity index (χ4n) is 3.25.